The Hall–Kier alpha value is -0.410. The van der Waals surface area contributed by atoms with Crippen molar-refractivity contribution in [3.8, 4) is 0 Å². The molecule has 1 unspecified atom stereocenters. The van der Waals surface area contributed by atoms with Gasteiger partial charge in [-0.25, -0.2) is 4.98 Å². The highest BCUT2D eigenvalue weighted by Crippen LogP contribution is 2.43. The lowest BCUT2D eigenvalue weighted by Crippen LogP contribution is -2.32. The third-order valence-corrected chi connectivity index (χ3v) is 6.12. The maximum Gasteiger partial charge on any atom is 0.110 e. The van der Waals surface area contributed by atoms with Crippen molar-refractivity contribution in [2.24, 2.45) is 17.3 Å². The molecule has 2 nitrogen and oxygen atoms in total. The summed E-state index contributed by atoms with van der Waals surface area (Å²) in [6.45, 7) is 11.6. The van der Waals surface area contributed by atoms with E-state index < -0.39 is 0 Å². The molecule has 0 saturated heterocycles. The van der Waals surface area contributed by atoms with Crippen LogP contribution in [0.2, 0.25) is 0 Å². The van der Waals surface area contributed by atoms with Crippen LogP contribution in [0.5, 0.6) is 0 Å². The number of hydrogen-bond donors (Lipinski definition) is 1. The second-order valence-corrected chi connectivity index (χ2v) is 8.90. The van der Waals surface area contributed by atoms with Crippen LogP contribution < -0.4 is 5.32 Å². The van der Waals surface area contributed by atoms with Gasteiger partial charge in [-0.05, 0) is 55.9 Å². The predicted molar refractivity (Wildman–Crippen MR) is 92.9 cm³/mol. The van der Waals surface area contributed by atoms with E-state index in [9.17, 15) is 0 Å². The molecule has 1 heterocycles. The average Bonchev–Trinajstić information content (AvgIpc) is 2.89. The molecule has 0 bridgehead atoms. The Morgan fingerprint density at radius 2 is 1.81 bits per heavy atom. The zero-order chi connectivity index (χ0) is 15.6. The fraction of sp³-hybridized carbons (Fsp3) is 0.833. The summed E-state index contributed by atoms with van der Waals surface area (Å²) in [5, 5.41) is 7.08. The van der Waals surface area contributed by atoms with Crippen LogP contribution in [-0.4, -0.2) is 12.0 Å². The highest BCUT2D eigenvalue weighted by Gasteiger charge is 2.33. The number of thiazole rings is 1. The summed E-state index contributed by atoms with van der Waals surface area (Å²) < 4.78 is 0. The normalized spacial score (nSPS) is 25.3. The molecular formula is C18H32N2S. The molecule has 0 radical (unpaired) electrons. The van der Waals surface area contributed by atoms with E-state index in [0.717, 1.165) is 11.8 Å². The Bertz CT molecular complexity index is 436. The molecule has 0 amide bonds. The molecule has 120 valence electrons. The Labute approximate surface area is 134 Å². The topological polar surface area (TPSA) is 24.9 Å². The van der Waals surface area contributed by atoms with Gasteiger partial charge in [0, 0.05) is 5.38 Å². The van der Waals surface area contributed by atoms with Gasteiger partial charge < -0.3 is 5.32 Å². The lowest BCUT2D eigenvalue weighted by molar-refractivity contribution is 0.134. The smallest absolute Gasteiger partial charge is 0.110 e. The van der Waals surface area contributed by atoms with E-state index in [1.807, 2.05) is 11.3 Å². The van der Waals surface area contributed by atoms with Gasteiger partial charge in [-0.3, -0.25) is 0 Å². The number of rotatable bonds is 4. The highest BCUT2D eigenvalue weighted by molar-refractivity contribution is 7.09. The minimum atomic E-state index is 0.448. The van der Waals surface area contributed by atoms with Crippen LogP contribution in [0.1, 0.15) is 83.0 Å². The molecule has 1 aliphatic carbocycles. The van der Waals surface area contributed by atoms with Crippen molar-refractivity contribution in [3.05, 3.63) is 16.1 Å². The van der Waals surface area contributed by atoms with Gasteiger partial charge in [-0.2, -0.15) is 0 Å². The third kappa shape index (κ3) is 4.07. The molecular weight excluding hydrogens is 276 g/mol. The van der Waals surface area contributed by atoms with E-state index >= 15 is 0 Å². The van der Waals surface area contributed by atoms with Gasteiger partial charge in [0.05, 0.1) is 11.7 Å². The molecule has 21 heavy (non-hydrogen) atoms. The Kier molecular flexibility index (Phi) is 5.48. The zero-order valence-corrected chi connectivity index (χ0v) is 15.4. The minimum Gasteiger partial charge on any atom is -0.311 e. The first-order chi connectivity index (χ1) is 9.82. The van der Waals surface area contributed by atoms with Crippen molar-refractivity contribution in [2.75, 3.05) is 7.05 Å². The monoisotopic (exact) mass is 308 g/mol. The van der Waals surface area contributed by atoms with Crippen LogP contribution in [-0.2, 0) is 0 Å². The Morgan fingerprint density at radius 3 is 2.24 bits per heavy atom. The van der Waals surface area contributed by atoms with Crippen molar-refractivity contribution < 1.29 is 0 Å². The number of aromatic nitrogens is 1. The fourth-order valence-corrected chi connectivity index (χ4v) is 4.77. The summed E-state index contributed by atoms with van der Waals surface area (Å²) >= 11 is 1.84. The molecule has 3 heteroatoms. The minimum absolute atomic E-state index is 0.448. The van der Waals surface area contributed by atoms with Gasteiger partial charge in [-0.1, -0.05) is 34.6 Å². The first-order valence-corrected chi connectivity index (χ1v) is 9.33. The van der Waals surface area contributed by atoms with Gasteiger partial charge in [0.1, 0.15) is 5.01 Å². The summed E-state index contributed by atoms with van der Waals surface area (Å²) in [7, 11) is 2.09. The molecule has 0 aliphatic heterocycles. The van der Waals surface area contributed by atoms with Crippen LogP contribution in [0.3, 0.4) is 0 Å². The van der Waals surface area contributed by atoms with Crippen LogP contribution in [0, 0.1) is 17.3 Å². The second kappa shape index (κ2) is 6.78. The number of nitrogens with zero attached hydrogens (tertiary/aromatic N) is 1. The van der Waals surface area contributed by atoms with E-state index in [-0.39, 0.29) is 0 Å². The van der Waals surface area contributed by atoms with Gasteiger partial charge in [0.25, 0.3) is 0 Å². The van der Waals surface area contributed by atoms with Crippen LogP contribution in [0.4, 0.5) is 0 Å². The molecule has 1 atom stereocenters. The lowest BCUT2D eigenvalue weighted by Gasteiger charge is -2.39. The second-order valence-electron chi connectivity index (χ2n) is 8.01. The molecule has 0 spiro atoms. The molecule has 0 aromatic carbocycles. The van der Waals surface area contributed by atoms with Crippen LogP contribution in [0.25, 0.3) is 0 Å². The van der Waals surface area contributed by atoms with Crippen molar-refractivity contribution in [1.82, 2.24) is 10.3 Å². The van der Waals surface area contributed by atoms with E-state index in [0.29, 0.717) is 17.4 Å². The van der Waals surface area contributed by atoms with Crippen molar-refractivity contribution >= 4 is 11.3 Å². The molecule has 1 N–H and O–H groups in total. The number of hydrogen-bond acceptors (Lipinski definition) is 3. The standard InChI is InChI=1S/C18H32N2S/c1-12(2)15-11-21-17(20-15)16(19-6)13-7-9-14(10-8-13)18(3,4)5/h11-14,16,19H,7-10H2,1-6H3. The van der Waals surface area contributed by atoms with Gasteiger partial charge in [0.2, 0.25) is 0 Å². The molecule has 1 saturated carbocycles. The van der Waals surface area contributed by atoms with E-state index in [1.54, 1.807) is 0 Å². The first kappa shape index (κ1) is 17.0. The SMILES string of the molecule is CNC(c1nc(C(C)C)cs1)C1CCC(C(C)(C)C)CC1. The first-order valence-electron chi connectivity index (χ1n) is 8.45. The Balaban J connectivity index is 2.02. The molecule has 1 fully saturated rings. The van der Waals surface area contributed by atoms with E-state index in [4.69, 9.17) is 4.98 Å². The van der Waals surface area contributed by atoms with Crippen LogP contribution >= 0.6 is 11.3 Å². The predicted octanol–water partition coefficient (Wildman–Crippen LogP) is 5.38. The van der Waals surface area contributed by atoms with Gasteiger partial charge >= 0.3 is 0 Å². The van der Waals surface area contributed by atoms with Crippen molar-refractivity contribution in [2.45, 2.75) is 72.3 Å². The lowest BCUT2D eigenvalue weighted by atomic mass is 9.68. The average molecular weight is 309 g/mol. The Morgan fingerprint density at radius 1 is 1.19 bits per heavy atom. The van der Waals surface area contributed by atoms with Gasteiger partial charge in [-0.15, -0.1) is 11.3 Å². The summed E-state index contributed by atoms with van der Waals surface area (Å²) in [6.07, 6.45) is 5.41. The van der Waals surface area contributed by atoms with E-state index in [1.165, 1.54) is 36.4 Å². The summed E-state index contributed by atoms with van der Waals surface area (Å²) in [5.74, 6) is 2.16. The zero-order valence-electron chi connectivity index (χ0n) is 14.6. The maximum atomic E-state index is 4.88. The summed E-state index contributed by atoms with van der Waals surface area (Å²) in [6, 6.07) is 0.448. The van der Waals surface area contributed by atoms with Crippen LogP contribution in [0.15, 0.2) is 5.38 Å². The molecule has 1 aromatic rings. The quantitative estimate of drug-likeness (QED) is 0.807. The van der Waals surface area contributed by atoms with Crippen molar-refractivity contribution in [1.29, 1.82) is 0 Å². The summed E-state index contributed by atoms with van der Waals surface area (Å²) in [4.78, 5) is 4.88. The third-order valence-electron chi connectivity index (χ3n) is 5.18. The largest absolute Gasteiger partial charge is 0.311 e. The molecule has 2 rings (SSSR count). The number of nitrogens with one attached hydrogen (secondary N) is 1. The summed E-state index contributed by atoms with van der Waals surface area (Å²) in [5.41, 5.74) is 1.71. The van der Waals surface area contributed by atoms with Gasteiger partial charge in [0.15, 0.2) is 0 Å². The fourth-order valence-electron chi connectivity index (χ4n) is 3.59. The maximum absolute atomic E-state index is 4.88. The molecule has 1 aliphatic rings. The van der Waals surface area contributed by atoms with Crippen molar-refractivity contribution in [3.63, 3.8) is 0 Å². The van der Waals surface area contributed by atoms with E-state index in [2.05, 4.69) is 52.4 Å². The molecule has 1 aromatic heterocycles. The highest BCUT2D eigenvalue weighted by atomic mass is 32.1.